The highest BCUT2D eigenvalue weighted by molar-refractivity contribution is 5.87. The minimum Gasteiger partial charge on any atom is -0.497 e. The normalized spacial score (nSPS) is 18.4. The number of aryl methyl sites for hydroxylation is 1. The highest BCUT2D eigenvalue weighted by Gasteiger charge is 2.31. The van der Waals surface area contributed by atoms with Gasteiger partial charge in [-0.05, 0) is 86.0 Å². The Balaban J connectivity index is 1.47. The van der Waals surface area contributed by atoms with Gasteiger partial charge in [-0.15, -0.1) is 0 Å². The maximum absolute atomic E-state index is 12.6. The molecule has 2 aromatic carbocycles. The summed E-state index contributed by atoms with van der Waals surface area (Å²) in [7, 11) is 1.54. The summed E-state index contributed by atoms with van der Waals surface area (Å²) in [6, 6.07) is 15.5. The van der Waals surface area contributed by atoms with Gasteiger partial charge in [0, 0.05) is 17.7 Å². The van der Waals surface area contributed by atoms with Gasteiger partial charge in [-0.25, -0.2) is 9.59 Å². The molecule has 1 saturated carbocycles. The van der Waals surface area contributed by atoms with Gasteiger partial charge in [0.1, 0.15) is 17.6 Å². The number of carbonyl (C=O) groups excluding carboxylic acids is 2. The van der Waals surface area contributed by atoms with Crippen LogP contribution >= 0.6 is 0 Å². The van der Waals surface area contributed by atoms with Gasteiger partial charge in [-0.1, -0.05) is 58.0 Å². The molecule has 212 valence electrons. The summed E-state index contributed by atoms with van der Waals surface area (Å²) in [6.07, 6.45) is 8.61. The molecule has 1 unspecified atom stereocenters. The largest absolute Gasteiger partial charge is 0.514 e. The quantitative estimate of drug-likeness (QED) is 0.164. The van der Waals surface area contributed by atoms with Crippen molar-refractivity contribution in [2.24, 2.45) is 17.3 Å². The van der Waals surface area contributed by atoms with Gasteiger partial charge < -0.3 is 18.9 Å². The summed E-state index contributed by atoms with van der Waals surface area (Å²) in [6.45, 7) is 9.30. The molecule has 0 radical (unpaired) electrons. The topological polar surface area (TPSA) is 71.1 Å². The smallest absolute Gasteiger partial charge is 0.497 e. The molecule has 0 amide bonds. The Kier molecular flexibility index (Phi) is 11.5. The lowest BCUT2D eigenvalue weighted by molar-refractivity contribution is -0.138. The molecule has 0 aliphatic heterocycles. The number of rotatable bonds is 11. The number of ether oxygens (including phenoxy) is 4. The van der Waals surface area contributed by atoms with Crippen molar-refractivity contribution in [1.29, 1.82) is 0 Å². The fourth-order valence-corrected chi connectivity index (χ4v) is 4.93. The number of esters is 1. The van der Waals surface area contributed by atoms with Crippen molar-refractivity contribution in [1.82, 2.24) is 0 Å². The van der Waals surface area contributed by atoms with Crippen molar-refractivity contribution in [3.63, 3.8) is 0 Å². The van der Waals surface area contributed by atoms with Crippen LogP contribution in [0, 0.1) is 17.3 Å². The fraction of sp³-hybridized carbons (Fsp3) is 0.515. The third-order valence-corrected chi connectivity index (χ3v) is 7.60. The van der Waals surface area contributed by atoms with Gasteiger partial charge in [-0.2, -0.15) is 0 Å². The average molecular weight is 537 g/mol. The SMILES string of the molecule is COc1ccc(/C=C/C(=O)OCCC(C)CCc2ccccc2)c(OC(=O)OC2CCC(C(C)(C)C)CC2)c1. The van der Waals surface area contributed by atoms with Crippen LogP contribution in [0.2, 0.25) is 0 Å². The maximum atomic E-state index is 12.6. The van der Waals surface area contributed by atoms with Crippen molar-refractivity contribution in [3.05, 3.63) is 65.7 Å². The minimum atomic E-state index is -0.746. The van der Waals surface area contributed by atoms with Gasteiger partial charge in [0.15, 0.2) is 0 Å². The molecule has 1 fully saturated rings. The maximum Gasteiger partial charge on any atom is 0.514 e. The van der Waals surface area contributed by atoms with E-state index in [1.165, 1.54) is 11.6 Å². The highest BCUT2D eigenvalue weighted by Crippen LogP contribution is 2.38. The second kappa shape index (κ2) is 14.8. The number of methoxy groups -OCH3 is 1. The van der Waals surface area contributed by atoms with E-state index in [0.29, 0.717) is 29.8 Å². The van der Waals surface area contributed by atoms with Crippen molar-refractivity contribution < 1.29 is 28.5 Å². The van der Waals surface area contributed by atoms with Gasteiger partial charge in [0.05, 0.1) is 13.7 Å². The van der Waals surface area contributed by atoms with E-state index >= 15 is 0 Å². The number of hydrogen-bond acceptors (Lipinski definition) is 6. The van der Waals surface area contributed by atoms with E-state index in [9.17, 15) is 9.59 Å². The summed E-state index contributed by atoms with van der Waals surface area (Å²) in [5, 5.41) is 0. The molecule has 0 N–H and O–H groups in total. The Bertz CT molecular complexity index is 1080. The van der Waals surface area contributed by atoms with E-state index in [-0.39, 0.29) is 17.3 Å². The monoisotopic (exact) mass is 536 g/mol. The van der Waals surface area contributed by atoms with E-state index < -0.39 is 12.1 Å². The molecular formula is C33H44O6. The van der Waals surface area contributed by atoms with Crippen molar-refractivity contribution >= 4 is 18.2 Å². The molecule has 3 rings (SSSR count). The van der Waals surface area contributed by atoms with Crippen LogP contribution < -0.4 is 9.47 Å². The zero-order chi connectivity index (χ0) is 28.3. The van der Waals surface area contributed by atoms with Gasteiger partial charge >= 0.3 is 12.1 Å². The number of carbonyl (C=O) groups is 2. The Morgan fingerprint density at radius 1 is 1.00 bits per heavy atom. The first-order chi connectivity index (χ1) is 18.6. The van der Waals surface area contributed by atoms with Crippen LogP contribution in [0.25, 0.3) is 6.08 Å². The van der Waals surface area contributed by atoms with Crippen LogP contribution in [0.1, 0.15) is 77.3 Å². The molecule has 1 aliphatic rings. The predicted molar refractivity (Wildman–Crippen MR) is 154 cm³/mol. The summed E-state index contributed by atoms with van der Waals surface area (Å²) in [5.74, 6) is 1.43. The Morgan fingerprint density at radius 2 is 1.72 bits per heavy atom. The molecule has 0 heterocycles. The van der Waals surface area contributed by atoms with Crippen molar-refractivity contribution in [2.75, 3.05) is 13.7 Å². The molecule has 0 spiro atoms. The lowest BCUT2D eigenvalue weighted by atomic mass is 9.72. The van der Waals surface area contributed by atoms with Gasteiger partial charge in [0.25, 0.3) is 0 Å². The lowest BCUT2D eigenvalue weighted by Crippen LogP contribution is -2.31. The average Bonchev–Trinajstić information content (AvgIpc) is 2.91. The van der Waals surface area contributed by atoms with Crippen LogP contribution in [0.5, 0.6) is 11.5 Å². The summed E-state index contributed by atoms with van der Waals surface area (Å²) in [4.78, 5) is 24.9. The van der Waals surface area contributed by atoms with Crippen LogP contribution in [0.4, 0.5) is 4.79 Å². The summed E-state index contributed by atoms with van der Waals surface area (Å²) in [5.41, 5.74) is 2.13. The van der Waals surface area contributed by atoms with Crippen LogP contribution in [0.15, 0.2) is 54.6 Å². The third kappa shape index (κ3) is 10.4. The van der Waals surface area contributed by atoms with Gasteiger partial charge in [-0.3, -0.25) is 0 Å². The first kappa shape index (κ1) is 30.3. The minimum absolute atomic E-state index is 0.147. The molecular weight excluding hydrogens is 492 g/mol. The van der Waals surface area contributed by atoms with Gasteiger partial charge in [0.2, 0.25) is 0 Å². The van der Waals surface area contributed by atoms with Crippen molar-refractivity contribution in [2.45, 2.75) is 78.7 Å². The van der Waals surface area contributed by atoms with Crippen LogP contribution in [0.3, 0.4) is 0 Å². The van der Waals surface area contributed by atoms with E-state index in [1.54, 1.807) is 31.4 Å². The summed E-state index contributed by atoms with van der Waals surface area (Å²) < 4.78 is 21.9. The number of hydrogen-bond donors (Lipinski definition) is 0. The molecule has 6 nitrogen and oxygen atoms in total. The Hall–Kier alpha value is -3.28. The molecule has 0 aromatic heterocycles. The van der Waals surface area contributed by atoms with E-state index in [4.69, 9.17) is 18.9 Å². The zero-order valence-corrected chi connectivity index (χ0v) is 24.1. The van der Waals surface area contributed by atoms with E-state index in [1.807, 2.05) is 6.07 Å². The standard InChI is InChI=1S/C33H44O6/c1-24(11-12-25-9-7-6-8-10-25)21-22-37-31(34)20-14-26-13-17-29(36-5)23-30(26)39-32(35)38-28-18-15-27(16-19-28)33(2,3)4/h6-10,13-14,17,20,23-24,27-28H,11-12,15-16,18-19,21-22H2,1-5H3/b20-14+. The first-order valence-electron chi connectivity index (χ1n) is 14.1. The molecule has 6 heteroatoms. The fourth-order valence-electron chi connectivity index (χ4n) is 4.93. The van der Waals surface area contributed by atoms with Crippen molar-refractivity contribution in [3.8, 4) is 11.5 Å². The molecule has 39 heavy (non-hydrogen) atoms. The van der Waals surface area contributed by atoms with Crippen LogP contribution in [-0.4, -0.2) is 31.9 Å². The van der Waals surface area contributed by atoms with E-state index in [0.717, 1.165) is 44.9 Å². The molecule has 1 aliphatic carbocycles. The lowest BCUT2D eigenvalue weighted by Gasteiger charge is -2.36. The summed E-state index contributed by atoms with van der Waals surface area (Å²) >= 11 is 0. The Labute approximate surface area is 233 Å². The zero-order valence-electron chi connectivity index (χ0n) is 24.1. The molecule has 2 aromatic rings. The molecule has 0 saturated heterocycles. The van der Waals surface area contributed by atoms with E-state index in [2.05, 4.69) is 52.0 Å². The van der Waals surface area contributed by atoms with Crippen LogP contribution in [-0.2, 0) is 20.7 Å². The third-order valence-electron chi connectivity index (χ3n) is 7.60. The predicted octanol–water partition coefficient (Wildman–Crippen LogP) is 8.03. The number of benzene rings is 2. The molecule has 1 atom stereocenters. The first-order valence-corrected chi connectivity index (χ1v) is 14.1. The second-order valence-corrected chi connectivity index (χ2v) is 11.6. The highest BCUT2D eigenvalue weighted by atomic mass is 16.7. The second-order valence-electron chi connectivity index (χ2n) is 11.6. The Morgan fingerprint density at radius 3 is 2.38 bits per heavy atom. The molecule has 0 bridgehead atoms.